The number of anilines is 3. The van der Waals surface area contributed by atoms with Gasteiger partial charge in [-0.3, -0.25) is 0 Å². The molecule has 3 heteroatoms. The molecule has 13 aromatic rings. The second-order valence-corrected chi connectivity index (χ2v) is 17.8. The van der Waals surface area contributed by atoms with Crippen LogP contribution in [-0.2, 0) is 0 Å². The SMILES string of the molecule is c1ccc(-c2ccc(N(c3ccc(-c4ccccc4)cc3)c3cc(-c4ccc5c(c4)c4ccccc4n5-c4ccccc4)cc(-c4ccc5c6ccccc6n(-c6ccccc6)c5c4)c3)cc2)cc1. The maximum Gasteiger partial charge on any atom is 0.0547 e. The highest BCUT2D eigenvalue weighted by atomic mass is 15.1. The minimum absolute atomic E-state index is 1.07. The Morgan fingerprint density at radius 1 is 0.203 bits per heavy atom. The van der Waals surface area contributed by atoms with Crippen LogP contribution in [-0.4, -0.2) is 9.13 Å². The van der Waals surface area contributed by atoms with E-state index >= 15 is 0 Å². The van der Waals surface area contributed by atoms with Crippen LogP contribution < -0.4 is 4.90 Å². The normalized spacial score (nSPS) is 11.5. The molecule has 0 aliphatic heterocycles. The predicted molar refractivity (Wildman–Crippen MR) is 292 cm³/mol. The quantitative estimate of drug-likeness (QED) is 0.141. The molecule has 0 fully saturated rings. The third-order valence-electron chi connectivity index (χ3n) is 13.7. The van der Waals surface area contributed by atoms with Gasteiger partial charge in [-0.2, -0.15) is 0 Å². The Hall–Kier alpha value is -9.18. The molecule has 0 unspecified atom stereocenters. The van der Waals surface area contributed by atoms with Crippen molar-refractivity contribution in [3.05, 3.63) is 273 Å². The number of para-hydroxylation sites is 4. The molecule has 0 spiro atoms. The van der Waals surface area contributed by atoms with Crippen molar-refractivity contribution in [2.45, 2.75) is 0 Å². The predicted octanol–water partition coefficient (Wildman–Crippen LogP) is 18.0. The molecule has 0 N–H and O–H groups in total. The number of hydrogen-bond acceptors (Lipinski definition) is 1. The third-order valence-corrected chi connectivity index (χ3v) is 13.7. The van der Waals surface area contributed by atoms with E-state index in [0.717, 1.165) is 50.7 Å². The summed E-state index contributed by atoms with van der Waals surface area (Å²) in [5.41, 5.74) is 19.6. The molecule has 0 amide bonds. The molecule has 69 heavy (non-hydrogen) atoms. The molecule has 13 rings (SSSR count). The Bertz CT molecular complexity index is 3880. The minimum Gasteiger partial charge on any atom is -0.310 e. The highest BCUT2D eigenvalue weighted by Gasteiger charge is 2.20. The van der Waals surface area contributed by atoms with Gasteiger partial charge in [0, 0.05) is 50.0 Å². The lowest BCUT2D eigenvalue weighted by molar-refractivity contribution is 1.18. The zero-order chi connectivity index (χ0) is 45.7. The first-order chi connectivity index (χ1) is 34.2. The maximum atomic E-state index is 2.41. The molecule has 2 aromatic heterocycles. The van der Waals surface area contributed by atoms with Crippen molar-refractivity contribution in [3.8, 4) is 55.9 Å². The number of aromatic nitrogens is 2. The van der Waals surface area contributed by atoms with Crippen molar-refractivity contribution < 1.29 is 0 Å². The molecule has 3 nitrogen and oxygen atoms in total. The van der Waals surface area contributed by atoms with E-state index in [1.54, 1.807) is 0 Å². The van der Waals surface area contributed by atoms with Gasteiger partial charge in [-0.15, -0.1) is 0 Å². The van der Waals surface area contributed by atoms with Gasteiger partial charge in [0.1, 0.15) is 0 Å². The highest BCUT2D eigenvalue weighted by molar-refractivity contribution is 6.12. The second kappa shape index (κ2) is 16.9. The van der Waals surface area contributed by atoms with Crippen molar-refractivity contribution in [3.63, 3.8) is 0 Å². The van der Waals surface area contributed by atoms with Gasteiger partial charge in [0.15, 0.2) is 0 Å². The van der Waals surface area contributed by atoms with Gasteiger partial charge in [-0.25, -0.2) is 0 Å². The van der Waals surface area contributed by atoms with Crippen LogP contribution in [0, 0.1) is 0 Å². The molecule has 0 aliphatic rings. The lowest BCUT2D eigenvalue weighted by Gasteiger charge is -2.27. The number of hydrogen-bond donors (Lipinski definition) is 0. The van der Waals surface area contributed by atoms with Gasteiger partial charge in [0.05, 0.1) is 22.1 Å². The Balaban J connectivity index is 1.04. The van der Waals surface area contributed by atoms with Crippen molar-refractivity contribution in [1.29, 1.82) is 0 Å². The number of benzene rings is 11. The molecule has 324 valence electrons. The standard InChI is InChI=1S/C66H45N3/c1-5-17-46(18-6-1)48-29-35-56(36-30-48)67(57-37-31-49(32-38-57)47-19-7-2-8-20-47)58-42-52(50-34-40-65-62(44-50)60-26-14-16-28-64(60)68(65)54-21-9-3-10-22-54)41-53(43-58)51-33-39-61-59-25-13-15-27-63(59)69(66(61)45-51)55-23-11-4-12-24-55/h1-45H. The lowest BCUT2D eigenvalue weighted by atomic mass is 9.95. The Labute approximate surface area is 401 Å². The summed E-state index contributed by atoms with van der Waals surface area (Å²) in [4.78, 5) is 2.41. The van der Waals surface area contributed by atoms with Gasteiger partial charge in [0.2, 0.25) is 0 Å². The molecule has 0 aliphatic carbocycles. The van der Waals surface area contributed by atoms with Crippen LogP contribution in [0.15, 0.2) is 273 Å². The molecule has 0 bridgehead atoms. The Morgan fingerprint density at radius 3 is 1.12 bits per heavy atom. The molecule has 0 radical (unpaired) electrons. The number of rotatable bonds is 9. The number of nitrogens with zero attached hydrogens (tertiary/aromatic N) is 3. The van der Waals surface area contributed by atoms with Crippen molar-refractivity contribution in [2.75, 3.05) is 4.90 Å². The van der Waals surface area contributed by atoms with E-state index < -0.39 is 0 Å². The highest BCUT2D eigenvalue weighted by Crippen LogP contribution is 2.43. The molecule has 11 aromatic carbocycles. The summed E-state index contributed by atoms with van der Waals surface area (Å²) in [5.74, 6) is 0. The van der Waals surface area contributed by atoms with Crippen molar-refractivity contribution in [2.24, 2.45) is 0 Å². The molecular formula is C66H45N3. The van der Waals surface area contributed by atoms with Crippen molar-refractivity contribution >= 4 is 60.7 Å². The van der Waals surface area contributed by atoms with Gasteiger partial charge in [-0.1, -0.05) is 176 Å². The largest absolute Gasteiger partial charge is 0.310 e. The Kier molecular flexibility index (Phi) is 9.84. The van der Waals surface area contributed by atoms with Crippen LogP contribution in [0.2, 0.25) is 0 Å². The fourth-order valence-electron chi connectivity index (χ4n) is 10.4. The Morgan fingerprint density at radius 2 is 0.580 bits per heavy atom. The topological polar surface area (TPSA) is 13.1 Å². The molecule has 0 atom stereocenters. The number of fused-ring (bicyclic) bond motifs is 6. The van der Waals surface area contributed by atoms with Crippen LogP contribution in [0.4, 0.5) is 17.1 Å². The van der Waals surface area contributed by atoms with Crippen molar-refractivity contribution in [1.82, 2.24) is 9.13 Å². The van der Waals surface area contributed by atoms with Crippen LogP contribution in [0.1, 0.15) is 0 Å². The zero-order valence-corrected chi connectivity index (χ0v) is 37.8. The minimum atomic E-state index is 1.07. The molecule has 0 saturated heterocycles. The molecule has 0 saturated carbocycles. The lowest BCUT2D eigenvalue weighted by Crippen LogP contribution is -2.10. The first-order valence-electron chi connectivity index (χ1n) is 23.7. The van der Waals surface area contributed by atoms with Crippen LogP contribution >= 0.6 is 0 Å². The second-order valence-electron chi connectivity index (χ2n) is 17.8. The molecular weight excluding hydrogens is 835 g/mol. The van der Waals surface area contributed by atoms with E-state index in [9.17, 15) is 0 Å². The first kappa shape index (κ1) is 40.1. The van der Waals surface area contributed by atoms with E-state index in [1.807, 2.05) is 0 Å². The summed E-state index contributed by atoms with van der Waals surface area (Å²) in [6.07, 6.45) is 0. The fraction of sp³-hybridized carbons (Fsp3) is 0. The fourth-order valence-corrected chi connectivity index (χ4v) is 10.4. The van der Waals surface area contributed by atoms with Crippen LogP contribution in [0.25, 0.3) is 99.5 Å². The average molecular weight is 880 g/mol. The van der Waals surface area contributed by atoms with Crippen LogP contribution in [0.5, 0.6) is 0 Å². The third kappa shape index (κ3) is 7.16. The van der Waals surface area contributed by atoms with E-state index in [2.05, 4.69) is 287 Å². The van der Waals surface area contributed by atoms with Gasteiger partial charge in [-0.05, 0) is 142 Å². The van der Waals surface area contributed by atoms with Crippen LogP contribution in [0.3, 0.4) is 0 Å². The summed E-state index contributed by atoms with van der Waals surface area (Å²) >= 11 is 0. The van der Waals surface area contributed by atoms with E-state index in [1.165, 1.54) is 65.9 Å². The monoisotopic (exact) mass is 879 g/mol. The van der Waals surface area contributed by atoms with Gasteiger partial charge < -0.3 is 14.0 Å². The molecule has 2 heterocycles. The van der Waals surface area contributed by atoms with E-state index in [0.29, 0.717) is 0 Å². The first-order valence-corrected chi connectivity index (χ1v) is 23.7. The van der Waals surface area contributed by atoms with E-state index in [4.69, 9.17) is 0 Å². The van der Waals surface area contributed by atoms with Gasteiger partial charge in [0.25, 0.3) is 0 Å². The summed E-state index contributed by atoms with van der Waals surface area (Å²) < 4.78 is 4.79. The summed E-state index contributed by atoms with van der Waals surface area (Å²) in [5, 5.41) is 4.92. The maximum absolute atomic E-state index is 2.41. The smallest absolute Gasteiger partial charge is 0.0547 e. The summed E-state index contributed by atoms with van der Waals surface area (Å²) in [6.45, 7) is 0. The van der Waals surface area contributed by atoms with E-state index in [-0.39, 0.29) is 0 Å². The summed E-state index contributed by atoms with van der Waals surface area (Å²) in [6, 6.07) is 99.3. The zero-order valence-electron chi connectivity index (χ0n) is 37.8. The summed E-state index contributed by atoms with van der Waals surface area (Å²) in [7, 11) is 0. The van der Waals surface area contributed by atoms with Gasteiger partial charge >= 0.3 is 0 Å². The average Bonchev–Trinajstić information content (AvgIpc) is 3.94.